The third-order valence-corrected chi connectivity index (χ3v) is 2.89. The highest BCUT2D eigenvalue weighted by Gasteiger charge is 2.15. The van der Waals surface area contributed by atoms with Crippen LogP contribution in [0.1, 0.15) is 10.4 Å². The Morgan fingerprint density at radius 2 is 2.06 bits per heavy atom. The third kappa shape index (κ3) is 2.14. The zero-order valence-electron chi connectivity index (χ0n) is 8.93. The molecule has 0 fully saturated rings. The molecule has 1 aromatic carbocycles. The molecule has 0 N–H and O–H groups in total. The van der Waals surface area contributed by atoms with Gasteiger partial charge in [-0.15, -0.1) is 0 Å². The summed E-state index contributed by atoms with van der Waals surface area (Å²) in [5.41, 5.74) is 0.704. The standard InChI is InChI=1S/C12H12ClN2O/c1-14-7-8-15(12(14)13)9-11(16)10-5-3-2-4-6-10/h2-8H,9H2,1H3/q+1. The number of imidazole rings is 1. The number of halogens is 1. The molecule has 0 bridgehead atoms. The Kier molecular flexibility index (Phi) is 3.06. The van der Waals surface area contributed by atoms with Crippen LogP contribution in [0.2, 0.25) is 5.28 Å². The van der Waals surface area contributed by atoms with Gasteiger partial charge in [-0.3, -0.25) is 4.79 Å². The van der Waals surface area contributed by atoms with Crippen LogP contribution in [-0.4, -0.2) is 10.4 Å². The minimum absolute atomic E-state index is 0.0544. The molecule has 82 valence electrons. The zero-order valence-corrected chi connectivity index (χ0v) is 9.69. The van der Waals surface area contributed by atoms with E-state index in [9.17, 15) is 4.79 Å². The zero-order chi connectivity index (χ0) is 11.5. The minimum atomic E-state index is 0.0544. The first kappa shape index (κ1) is 10.9. The second-order valence-corrected chi connectivity index (χ2v) is 3.93. The Morgan fingerprint density at radius 3 is 2.62 bits per heavy atom. The topological polar surface area (TPSA) is 25.9 Å². The van der Waals surface area contributed by atoms with E-state index < -0.39 is 0 Å². The van der Waals surface area contributed by atoms with Crippen LogP contribution in [-0.2, 0) is 13.6 Å². The molecule has 0 saturated carbocycles. The maximum Gasteiger partial charge on any atom is 0.354 e. The molecule has 0 aliphatic heterocycles. The average molecular weight is 236 g/mol. The number of carbonyl (C=O) groups excluding carboxylic acids is 1. The highest BCUT2D eigenvalue weighted by Crippen LogP contribution is 2.06. The SMILES string of the molecule is C[n+]1ccn(CC(=O)c2ccccc2)c1Cl. The van der Waals surface area contributed by atoms with Crippen LogP contribution in [0, 0.1) is 0 Å². The van der Waals surface area contributed by atoms with E-state index in [0.29, 0.717) is 10.8 Å². The van der Waals surface area contributed by atoms with Gasteiger partial charge in [-0.1, -0.05) is 30.3 Å². The van der Waals surface area contributed by atoms with Crippen LogP contribution in [0.3, 0.4) is 0 Å². The van der Waals surface area contributed by atoms with Gasteiger partial charge in [-0.05, 0) is 0 Å². The molecular formula is C12H12ClN2O+. The summed E-state index contributed by atoms with van der Waals surface area (Å²) in [4.78, 5) is 11.9. The fraction of sp³-hybridized carbons (Fsp3) is 0.167. The number of carbonyl (C=O) groups is 1. The molecule has 2 aromatic rings. The maximum atomic E-state index is 11.9. The van der Waals surface area contributed by atoms with Crippen molar-refractivity contribution in [1.29, 1.82) is 0 Å². The Bertz CT molecular complexity index is 505. The van der Waals surface area contributed by atoms with Crippen LogP contribution >= 0.6 is 11.6 Å². The summed E-state index contributed by atoms with van der Waals surface area (Å²) in [5.74, 6) is 0.0544. The second-order valence-electron chi connectivity index (χ2n) is 3.60. The fourth-order valence-electron chi connectivity index (χ4n) is 1.49. The van der Waals surface area contributed by atoms with Gasteiger partial charge in [0.15, 0.2) is 6.54 Å². The Balaban J connectivity index is 2.17. The number of nitrogens with zero attached hydrogens (tertiary/aromatic N) is 2. The lowest BCUT2D eigenvalue weighted by Gasteiger charge is -1.98. The lowest BCUT2D eigenvalue weighted by molar-refractivity contribution is -0.668. The molecule has 0 aliphatic carbocycles. The van der Waals surface area contributed by atoms with Gasteiger partial charge in [0.25, 0.3) is 0 Å². The smallest absolute Gasteiger partial charge is 0.290 e. The van der Waals surface area contributed by atoms with E-state index in [1.165, 1.54) is 0 Å². The number of hydrogen-bond donors (Lipinski definition) is 0. The maximum absolute atomic E-state index is 11.9. The highest BCUT2D eigenvalue weighted by atomic mass is 35.5. The van der Waals surface area contributed by atoms with E-state index >= 15 is 0 Å². The summed E-state index contributed by atoms with van der Waals surface area (Å²) in [6.45, 7) is 0.268. The lowest BCUT2D eigenvalue weighted by Crippen LogP contribution is -2.27. The molecule has 16 heavy (non-hydrogen) atoms. The normalized spacial score (nSPS) is 10.4. The van der Waals surface area contributed by atoms with Crippen LogP contribution in [0.15, 0.2) is 42.7 Å². The summed E-state index contributed by atoms with van der Waals surface area (Å²) in [5, 5.41) is 0.546. The van der Waals surface area contributed by atoms with Gasteiger partial charge in [-0.2, -0.15) is 0 Å². The number of benzene rings is 1. The second kappa shape index (κ2) is 4.49. The van der Waals surface area contributed by atoms with Gasteiger partial charge in [0.2, 0.25) is 5.78 Å². The summed E-state index contributed by atoms with van der Waals surface area (Å²) in [6, 6.07) is 9.20. The van der Waals surface area contributed by atoms with Crippen LogP contribution in [0.4, 0.5) is 0 Å². The summed E-state index contributed by atoms with van der Waals surface area (Å²) < 4.78 is 3.48. The van der Waals surface area contributed by atoms with E-state index in [-0.39, 0.29) is 12.3 Å². The first-order valence-electron chi connectivity index (χ1n) is 4.97. The number of rotatable bonds is 3. The third-order valence-electron chi connectivity index (χ3n) is 2.41. The van der Waals surface area contributed by atoms with Gasteiger partial charge in [0, 0.05) is 17.2 Å². The van der Waals surface area contributed by atoms with Crippen molar-refractivity contribution >= 4 is 17.4 Å². The molecule has 3 nitrogen and oxygen atoms in total. The van der Waals surface area contributed by atoms with Gasteiger partial charge in [0.05, 0.1) is 7.05 Å². The summed E-state index contributed by atoms with van der Waals surface area (Å²) in [7, 11) is 1.84. The van der Waals surface area contributed by atoms with Crippen LogP contribution in [0.5, 0.6) is 0 Å². The Hall–Kier alpha value is -1.61. The van der Waals surface area contributed by atoms with E-state index in [0.717, 1.165) is 0 Å². The number of aryl methyl sites for hydroxylation is 1. The largest absolute Gasteiger partial charge is 0.354 e. The summed E-state index contributed by atoms with van der Waals surface area (Å²) >= 11 is 6.01. The van der Waals surface area contributed by atoms with Crippen molar-refractivity contribution in [2.24, 2.45) is 7.05 Å². The molecule has 0 aliphatic rings. The predicted octanol–water partition coefficient (Wildman–Crippen LogP) is 1.85. The van der Waals surface area contributed by atoms with Crippen molar-refractivity contribution in [2.75, 3.05) is 0 Å². The Labute approximate surface area is 98.9 Å². The fourth-order valence-corrected chi connectivity index (χ4v) is 1.67. The molecule has 0 saturated heterocycles. The van der Waals surface area contributed by atoms with Crippen molar-refractivity contribution in [2.45, 2.75) is 6.54 Å². The molecule has 1 heterocycles. The highest BCUT2D eigenvalue weighted by molar-refractivity contribution is 6.27. The van der Waals surface area contributed by atoms with Crippen LogP contribution in [0.25, 0.3) is 0 Å². The number of aromatic nitrogens is 2. The lowest BCUT2D eigenvalue weighted by atomic mass is 10.1. The minimum Gasteiger partial charge on any atom is -0.290 e. The van der Waals surface area contributed by atoms with E-state index in [2.05, 4.69) is 0 Å². The summed E-state index contributed by atoms with van der Waals surface area (Å²) in [6.07, 6.45) is 3.61. The quantitative estimate of drug-likeness (QED) is 0.589. The molecule has 0 amide bonds. The molecule has 0 radical (unpaired) electrons. The van der Waals surface area contributed by atoms with Crippen molar-refractivity contribution in [3.8, 4) is 0 Å². The van der Waals surface area contributed by atoms with Gasteiger partial charge in [0.1, 0.15) is 12.4 Å². The molecule has 1 aromatic heterocycles. The number of ketones is 1. The van der Waals surface area contributed by atoms with Crippen molar-refractivity contribution in [1.82, 2.24) is 4.57 Å². The monoisotopic (exact) mass is 235 g/mol. The van der Waals surface area contributed by atoms with E-state index in [1.807, 2.05) is 31.4 Å². The van der Waals surface area contributed by atoms with Crippen molar-refractivity contribution < 1.29 is 9.36 Å². The van der Waals surface area contributed by atoms with Crippen molar-refractivity contribution in [3.05, 3.63) is 53.6 Å². The first-order chi connectivity index (χ1) is 7.68. The predicted molar refractivity (Wildman–Crippen MR) is 61.4 cm³/mol. The van der Waals surface area contributed by atoms with E-state index in [4.69, 9.17) is 11.6 Å². The first-order valence-corrected chi connectivity index (χ1v) is 5.35. The average Bonchev–Trinajstić information content (AvgIpc) is 2.62. The molecule has 0 atom stereocenters. The molecule has 0 spiro atoms. The van der Waals surface area contributed by atoms with Crippen LogP contribution < -0.4 is 4.57 Å². The Morgan fingerprint density at radius 1 is 1.38 bits per heavy atom. The number of Topliss-reactive ketones (excluding diaryl/α,β-unsaturated/α-hetero) is 1. The molecule has 4 heteroatoms. The number of hydrogen-bond acceptors (Lipinski definition) is 1. The van der Waals surface area contributed by atoms with Gasteiger partial charge >= 0.3 is 5.28 Å². The van der Waals surface area contributed by atoms with Gasteiger partial charge in [-0.25, -0.2) is 9.13 Å². The molecular weight excluding hydrogens is 224 g/mol. The molecule has 0 unspecified atom stereocenters. The van der Waals surface area contributed by atoms with Gasteiger partial charge < -0.3 is 0 Å². The van der Waals surface area contributed by atoms with Crippen molar-refractivity contribution in [3.63, 3.8) is 0 Å². The van der Waals surface area contributed by atoms with E-state index in [1.54, 1.807) is 27.5 Å². The molecule has 2 rings (SSSR count).